The molecule has 0 saturated heterocycles. The zero-order valence-corrected chi connectivity index (χ0v) is 19.6. The van der Waals surface area contributed by atoms with Gasteiger partial charge in [0.25, 0.3) is 5.91 Å². The van der Waals surface area contributed by atoms with Gasteiger partial charge in [-0.15, -0.1) is 0 Å². The molecule has 0 fully saturated rings. The lowest BCUT2D eigenvalue weighted by molar-refractivity contribution is 0.0953. The van der Waals surface area contributed by atoms with Crippen molar-refractivity contribution in [2.24, 2.45) is 0 Å². The van der Waals surface area contributed by atoms with Crippen molar-refractivity contribution in [3.05, 3.63) is 94.8 Å². The highest BCUT2D eigenvalue weighted by Crippen LogP contribution is 2.18. The Kier molecular flexibility index (Phi) is 7.08. The number of hydrogen-bond acceptors (Lipinski definition) is 3. The van der Waals surface area contributed by atoms with Crippen LogP contribution in [0.25, 0.3) is 11.0 Å². The van der Waals surface area contributed by atoms with Gasteiger partial charge in [0, 0.05) is 18.5 Å². The number of rotatable bonds is 9. The number of carbonyl (C=O) groups excluding carboxylic acids is 1. The van der Waals surface area contributed by atoms with E-state index in [1.807, 2.05) is 62.4 Å². The van der Waals surface area contributed by atoms with Gasteiger partial charge in [0.05, 0.1) is 17.6 Å². The smallest absolute Gasteiger partial charge is 0.251 e. The number of nitrogens with zero attached hydrogens (tertiary/aromatic N) is 2. The van der Waals surface area contributed by atoms with Crippen molar-refractivity contribution in [2.45, 2.75) is 40.2 Å². The van der Waals surface area contributed by atoms with Gasteiger partial charge in [0.15, 0.2) is 0 Å². The van der Waals surface area contributed by atoms with Crippen LogP contribution in [0.3, 0.4) is 0 Å². The first-order chi connectivity index (χ1) is 16.0. The Morgan fingerprint density at radius 2 is 1.82 bits per heavy atom. The molecule has 5 nitrogen and oxygen atoms in total. The molecule has 1 heterocycles. The maximum absolute atomic E-state index is 12.6. The summed E-state index contributed by atoms with van der Waals surface area (Å²) in [4.78, 5) is 17.5. The second kappa shape index (κ2) is 10.3. The highest BCUT2D eigenvalue weighted by Gasteiger charge is 2.13. The first-order valence-corrected chi connectivity index (χ1v) is 11.6. The average Bonchev–Trinajstić information content (AvgIpc) is 3.17. The SMILES string of the molecule is CCc1ccc(OCCn2c(CCNC(=O)c3ccc(C)cc3C)nc3ccccc32)cc1. The van der Waals surface area contributed by atoms with E-state index in [1.54, 1.807) is 0 Å². The molecular weight excluding hydrogens is 410 g/mol. The molecule has 0 aliphatic carbocycles. The molecule has 0 unspecified atom stereocenters. The molecule has 0 atom stereocenters. The summed E-state index contributed by atoms with van der Waals surface area (Å²) in [6, 6.07) is 22.3. The number of ether oxygens (including phenoxy) is 1. The predicted octanol–water partition coefficient (Wildman–Crippen LogP) is 5.27. The van der Waals surface area contributed by atoms with Crippen molar-refractivity contribution in [1.29, 1.82) is 0 Å². The Balaban J connectivity index is 1.41. The van der Waals surface area contributed by atoms with E-state index in [0.29, 0.717) is 26.1 Å². The van der Waals surface area contributed by atoms with E-state index >= 15 is 0 Å². The summed E-state index contributed by atoms with van der Waals surface area (Å²) in [5.41, 5.74) is 6.20. The third-order valence-corrected chi connectivity index (χ3v) is 5.91. The van der Waals surface area contributed by atoms with Gasteiger partial charge in [0.2, 0.25) is 0 Å². The van der Waals surface area contributed by atoms with Crippen LogP contribution in [-0.4, -0.2) is 28.6 Å². The summed E-state index contributed by atoms with van der Waals surface area (Å²) < 4.78 is 8.18. The number of benzene rings is 3. The standard InChI is InChI=1S/C28H31N3O2/c1-4-22-10-12-23(13-11-22)33-18-17-31-26-8-6-5-7-25(26)30-27(31)15-16-29-28(32)24-14-9-20(2)19-21(24)3/h5-14,19H,4,15-18H2,1-3H3,(H,29,32). The molecule has 170 valence electrons. The number of hydrogen-bond donors (Lipinski definition) is 1. The van der Waals surface area contributed by atoms with Crippen LogP contribution in [0.1, 0.15) is 39.8 Å². The van der Waals surface area contributed by atoms with Crippen LogP contribution in [0.2, 0.25) is 0 Å². The molecule has 4 aromatic rings. The maximum atomic E-state index is 12.6. The lowest BCUT2D eigenvalue weighted by Crippen LogP contribution is -2.27. The first-order valence-electron chi connectivity index (χ1n) is 11.6. The van der Waals surface area contributed by atoms with Crippen LogP contribution in [0, 0.1) is 13.8 Å². The van der Waals surface area contributed by atoms with E-state index in [0.717, 1.165) is 45.7 Å². The third-order valence-electron chi connectivity index (χ3n) is 5.91. The molecule has 0 saturated carbocycles. The average molecular weight is 442 g/mol. The lowest BCUT2D eigenvalue weighted by atomic mass is 10.1. The largest absolute Gasteiger partial charge is 0.492 e. The fourth-order valence-electron chi connectivity index (χ4n) is 4.09. The molecule has 4 rings (SSSR count). The van der Waals surface area contributed by atoms with Crippen LogP contribution in [0.15, 0.2) is 66.7 Å². The van der Waals surface area contributed by atoms with Gasteiger partial charge in [-0.05, 0) is 61.7 Å². The van der Waals surface area contributed by atoms with Gasteiger partial charge >= 0.3 is 0 Å². The second-order valence-electron chi connectivity index (χ2n) is 8.34. The Bertz CT molecular complexity index is 1240. The van der Waals surface area contributed by atoms with Gasteiger partial charge in [0.1, 0.15) is 18.2 Å². The summed E-state index contributed by atoms with van der Waals surface area (Å²) in [6.45, 7) is 7.91. The lowest BCUT2D eigenvalue weighted by Gasteiger charge is -2.12. The zero-order valence-electron chi connectivity index (χ0n) is 19.6. The van der Waals surface area contributed by atoms with Gasteiger partial charge in [-0.25, -0.2) is 4.98 Å². The van der Waals surface area contributed by atoms with E-state index in [9.17, 15) is 4.79 Å². The van der Waals surface area contributed by atoms with E-state index < -0.39 is 0 Å². The Morgan fingerprint density at radius 1 is 1.03 bits per heavy atom. The van der Waals surface area contributed by atoms with E-state index in [4.69, 9.17) is 9.72 Å². The molecule has 0 spiro atoms. The highest BCUT2D eigenvalue weighted by atomic mass is 16.5. The maximum Gasteiger partial charge on any atom is 0.251 e. The van der Waals surface area contributed by atoms with Gasteiger partial charge in [-0.2, -0.15) is 0 Å². The molecule has 33 heavy (non-hydrogen) atoms. The van der Waals surface area contributed by atoms with E-state index in [1.165, 1.54) is 5.56 Å². The summed E-state index contributed by atoms with van der Waals surface area (Å²) >= 11 is 0. The summed E-state index contributed by atoms with van der Waals surface area (Å²) in [7, 11) is 0. The highest BCUT2D eigenvalue weighted by molar-refractivity contribution is 5.95. The quantitative estimate of drug-likeness (QED) is 0.385. The predicted molar refractivity (Wildman–Crippen MR) is 133 cm³/mol. The number of para-hydroxylation sites is 2. The second-order valence-corrected chi connectivity index (χ2v) is 8.34. The molecule has 1 aromatic heterocycles. The van der Waals surface area contributed by atoms with Crippen molar-refractivity contribution < 1.29 is 9.53 Å². The molecule has 0 radical (unpaired) electrons. The minimum absolute atomic E-state index is 0.0472. The monoisotopic (exact) mass is 441 g/mol. The first kappa shape index (κ1) is 22.6. The molecular formula is C28H31N3O2. The van der Waals surface area contributed by atoms with Crippen molar-refractivity contribution in [1.82, 2.24) is 14.9 Å². The minimum Gasteiger partial charge on any atom is -0.492 e. The van der Waals surface area contributed by atoms with Crippen molar-refractivity contribution in [2.75, 3.05) is 13.2 Å². The normalized spacial score (nSPS) is 11.0. The molecule has 1 amide bonds. The summed E-state index contributed by atoms with van der Waals surface area (Å²) in [6.07, 6.45) is 1.67. The Labute approximate surface area is 195 Å². The van der Waals surface area contributed by atoms with Crippen LogP contribution in [0.4, 0.5) is 0 Å². The number of nitrogens with one attached hydrogen (secondary N) is 1. The van der Waals surface area contributed by atoms with Gasteiger partial charge in [-0.1, -0.05) is 48.9 Å². The minimum atomic E-state index is -0.0472. The molecule has 3 aromatic carbocycles. The van der Waals surface area contributed by atoms with Crippen LogP contribution < -0.4 is 10.1 Å². The van der Waals surface area contributed by atoms with Gasteiger partial charge in [-0.3, -0.25) is 4.79 Å². The summed E-state index contributed by atoms with van der Waals surface area (Å²) in [5.74, 6) is 1.77. The molecule has 1 N–H and O–H groups in total. The topological polar surface area (TPSA) is 56.1 Å². The molecule has 0 aliphatic rings. The molecule has 0 bridgehead atoms. The van der Waals surface area contributed by atoms with E-state index in [2.05, 4.69) is 35.0 Å². The number of fused-ring (bicyclic) bond motifs is 1. The molecule has 0 aliphatic heterocycles. The number of amides is 1. The summed E-state index contributed by atoms with van der Waals surface area (Å²) in [5, 5.41) is 3.05. The third kappa shape index (κ3) is 5.43. The number of aryl methyl sites for hydroxylation is 3. The fraction of sp³-hybridized carbons (Fsp3) is 0.286. The van der Waals surface area contributed by atoms with Crippen LogP contribution in [-0.2, 0) is 19.4 Å². The Hall–Kier alpha value is -3.60. The van der Waals surface area contributed by atoms with E-state index in [-0.39, 0.29) is 5.91 Å². The van der Waals surface area contributed by atoms with Gasteiger partial charge < -0.3 is 14.6 Å². The Morgan fingerprint density at radius 3 is 2.58 bits per heavy atom. The number of carbonyl (C=O) groups is 1. The van der Waals surface area contributed by atoms with Crippen molar-refractivity contribution in [3.8, 4) is 5.75 Å². The van der Waals surface area contributed by atoms with Crippen LogP contribution in [0.5, 0.6) is 5.75 Å². The van der Waals surface area contributed by atoms with Crippen molar-refractivity contribution in [3.63, 3.8) is 0 Å². The van der Waals surface area contributed by atoms with Crippen molar-refractivity contribution >= 4 is 16.9 Å². The number of imidazole rings is 1. The van der Waals surface area contributed by atoms with Crippen LogP contribution >= 0.6 is 0 Å². The zero-order chi connectivity index (χ0) is 23.2. The fourth-order valence-corrected chi connectivity index (χ4v) is 4.09. The number of aromatic nitrogens is 2. The molecule has 5 heteroatoms.